The lowest BCUT2D eigenvalue weighted by Gasteiger charge is -2.35. The van der Waals surface area contributed by atoms with E-state index in [9.17, 15) is 4.79 Å². The third kappa shape index (κ3) is 5.26. The third-order valence-corrected chi connectivity index (χ3v) is 4.32. The largest absolute Gasteiger partial charge is 0.383 e. The van der Waals surface area contributed by atoms with Gasteiger partial charge in [-0.1, -0.05) is 19.3 Å². The lowest BCUT2D eigenvalue weighted by atomic mass is 9.71. The van der Waals surface area contributed by atoms with Crippen LogP contribution in [-0.4, -0.2) is 35.9 Å². The van der Waals surface area contributed by atoms with E-state index in [-0.39, 0.29) is 23.7 Å². The van der Waals surface area contributed by atoms with Gasteiger partial charge in [-0.15, -0.1) is 12.4 Å². The SMILES string of the molecule is COCCn1ccc(NC(=O)CC2(CN)CCCCC2)n1.Cl. The summed E-state index contributed by atoms with van der Waals surface area (Å²) in [5, 5.41) is 7.18. The quantitative estimate of drug-likeness (QED) is 0.803. The van der Waals surface area contributed by atoms with Crippen LogP contribution in [0.15, 0.2) is 12.3 Å². The maximum atomic E-state index is 12.2. The summed E-state index contributed by atoms with van der Waals surface area (Å²) in [6.07, 6.45) is 8.06. The number of methoxy groups -OCH3 is 1. The van der Waals surface area contributed by atoms with E-state index < -0.39 is 0 Å². The van der Waals surface area contributed by atoms with E-state index in [1.807, 2.05) is 12.3 Å². The van der Waals surface area contributed by atoms with Gasteiger partial charge in [0.25, 0.3) is 0 Å². The summed E-state index contributed by atoms with van der Waals surface area (Å²) in [6.45, 7) is 1.87. The molecule has 1 heterocycles. The highest BCUT2D eigenvalue weighted by Crippen LogP contribution is 2.38. The van der Waals surface area contributed by atoms with E-state index in [1.165, 1.54) is 19.3 Å². The number of hydrogen-bond acceptors (Lipinski definition) is 4. The molecule has 2 rings (SSSR count). The highest BCUT2D eigenvalue weighted by Gasteiger charge is 2.33. The summed E-state index contributed by atoms with van der Waals surface area (Å²) in [5.41, 5.74) is 5.91. The molecule has 0 saturated heterocycles. The monoisotopic (exact) mass is 330 g/mol. The summed E-state index contributed by atoms with van der Waals surface area (Å²) in [6, 6.07) is 1.81. The molecule has 0 radical (unpaired) electrons. The predicted octanol–water partition coefficient (Wildman–Crippen LogP) is 2.19. The van der Waals surface area contributed by atoms with Gasteiger partial charge in [0.1, 0.15) is 0 Å². The second-order valence-electron chi connectivity index (χ2n) is 5.95. The molecule has 3 N–H and O–H groups in total. The van der Waals surface area contributed by atoms with E-state index in [0.29, 0.717) is 31.9 Å². The van der Waals surface area contributed by atoms with E-state index in [2.05, 4.69) is 10.4 Å². The summed E-state index contributed by atoms with van der Waals surface area (Å²) in [4.78, 5) is 12.2. The Morgan fingerprint density at radius 2 is 2.18 bits per heavy atom. The zero-order valence-corrected chi connectivity index (χ0v) is 14.0. The molecule has 0 atom stereocenters. The van der Waals surface area contributed by atoms with Crippen LogP contribution in [0.2, 0.25) is 0 Å². The zero-order valence-electron chi connectivity index (χ0n) is 13.2. The highest BCUT2D eigenvalue weighted by molar-refractivity contribution is 5.90. The molecule has 1 amide bonds. The fourth-order valence-corrected chi connectivity index (χ4v) is 3.02. The zero-order chi connectivity index (χ0) is 15.1. The van der Waals surface area contributed by atoms with Crippen LogP contribution in [0.4, 0.5) is 5.82 Å². The Hall–Kier alpha value is -1.11. The summed E-state index contributed by atoms with van der Waals surface area (Å²) in [5.74, 6) is 0.610. The molecule has 22 heavy (non-hydrogen) atoms. The molecule has 0 aliphatic heterocycles. The molecule has 6 nitrogen and oxygen atoms in total. The second kappa shape index (κ2) is 9.12. The van der Waals surface area contributed by atoms with Gasteiger partial charge in [-0.05, 0) is 24.8 Å². The van der Waals surface area contributed by atoms with Crippen molar-refractivity contribution in [1.82, 2.24) is 9.78 Å². The first kappa shape index (κ1) is 18.9. The van der Waals surface area contributed by atoms with Crippen molar-refractivity contribution in [2.75, 3.05) is 25.6 Å². The van der Waals surface area contributed by atoms with Crippen molar-refractivity contribution < 1.29 is 9.53 Å². The number of nitrogens with zero attached hydrogens (tertiary/aromatic N) is 2. The average molecular weight is 331 g/mol. The van der Waals surface area contributed by atoms with Crippen molar-refractivity contribution in [2.45, 2.75) is 45.1 Å². The summed E-state index contributed by atoms with van der Waals surface area (Å²) >= 11 is 0. The molecule has 7 heteroatoms. The number of carbonyl (C=O) groups excluding carboxylic acids is 1. The number of anilines is 1. The van der Waals surface area contributed by atoms with Gasteiger partial charge < -0.3 is 15.8 Å². The molecule has 0 bridgehead atoms. The van der Waals surface area contributed by atoms with E-state index in [4.69, 9.17) is 10.5 Å². The van der Waals surface area contributed by atoms with Gasteiger partial charge in [-0.2, -0.15) is 5.10 Å². The van der Waals surface area contributed by atoms with Crippen molar-refractivity contribution in [3.05, 3.63) is 12.3 Å². The number of nitrogens with one attached hydrogen (secondary N) is 1. The topological polar surface area (TPSA) is 82.2 Å². The van der Waals surface area contributed by atoms with Crippen molar-refractivity contribution >= 4 is 24.1 Å². The van der Waals surface area contributed by atoms with E-state index in [1.54, 1.807) is 11.8 Å². The Labute approximate surface area is 138 Å². The van der Waals surface area contributed by atoms with Crippen molar-refractivity contribution in [2.24, 2.45) is 11.1 Å². The number of halogens is 1. The van der Waals surface area contributed by atoms with Gasteiger partial charge in [0.05, 0.1) is 13.2 Å². The number of rotatable bonds is 7. The first-order valence-electron chi connectivity index (χ1n) is 7.70. The van der Waals surface area contributed by atoms with Crippen molar-refractivity contribution in [1.29, 1.82) is 0 Å². The van der Waals surface area contributed by atoms with Gasteiger partial charge in [-0.25, -0.2) is 0 Å². The number of hydrogen-bond donors (Lipinski definition) is 2. The Morgan fingerprint density at radius 1 is 1.45 bits per heavy atom. The summed E-state index contributed by atoms with van der Waals surface area (Å²) < 4.78 is 6.76. The van der Waals surface area contributed by atoms with Crippen molar-refractivity contribution in [3.8, 4) is 0 Å². The Kier molecular flexibility index (Phi) is 7.85. The maximum absolute atomic E-state index is 12.2. The lowest BCUT2D eigenvalue weighted by Crippen LogP contribution is -2.36. The molecular formula is C15H27ClN4O2. The lowest BCUT2D eigenvalue weighted by molar-refractivity contribution is -0.118. The van der Waals surface area contributed by atoms with Crippen LogP contribution in [0.5, 0.6) is 0 Å². The van der Waals surface area contributed by atoms with Gasteiger partial charge in [-0.3, -0.25) is 9.48 Å². The number of nitrogens with two attached hydrogens (primary N) is 1. The van der Waals surface area contributed by atoms with Crippen LogP contribution in [0.25, 0.3) is 0 Å². The smallest absolute Gasteiger partial charge is 0.226 e. The molecular weight excluding hydrogens is 304 g/mol. The van der Waals surface area contributed by atoms with Crippen LogP contribution in [-0.2, 0) is 16.1 Å². The first-order chi connectivity index (χ1) is 10.2. The van der Waals surface area contributed by atoms with Crippen LogP contribution in [0.1, 0.15) is 38.5 Å². The number of aromatic nitrogens is 2. The molecule has 1 aromatic rings. The Morgan fingerprint density at radius 3 is 2.82 bits per heavy atom. The van der Waals surface area contributed by atoms with Gasteiger partial charge in [0.15, 0.2) is 5.82 Å². The van der Waals surface area contributed by atoms with Crippen molar-refractivity contribution in [3.63, 3.8) is 0 Å². The molecule has 1 aromatic heterocycles. The standard InChI is InChI=1S/C15H26N4O2.ClH/c1-21-10-9-19-8-5-13(18-19)17-14(20)11-15(12-16)6-3-2-4-7-15;/h5,8H,2-4,6-7,9-12,16H2,1H3,(H,17,18,20);1H. The predicted molar refractivity (Wildman–Crippen MR) is 89.2 cm³/mol. The normalized spacial score (nSPS) is 16.8. The van der Waals surface area contributed by atoms with Gasteiger partial charge in [0.2, 0.25) is 5.91 Å². The minimum atomic E-state index is -0.0129. The van der Waals surface area contributed by atoms with E-state index in [0.717, 1.165) is 12.8 Å². The second-order valence-corrected chi connectivity index (χ2v) is 5.95. The Balaban J connectivity index is 0.00000242. The van der Waals surface area contributed by atoms with E-state index >= 15 is 0 Å². The molecule has 1 saturated carbocycles. The molecule has 1 fully saturated rings. The molecule has 0 aromatic carbocycles. The fourth-order valence-electron chi connectivity index (χ4n) is 3.02. The minimum absolute atomic E-state index is 0. The van der Waals surface area contributed by atoms with Crippen LogP contribution in [0.3, 0.4) is 0 Å². The Bertz CT molecular complexity index is 458. The molecule has 0 spiro atoms. The van der Waals surface area contributed by atoms with Crippen LogP contribution in [0, 0.1) is 5.41 Å². The summed E-state index contributed by atoms with van der Waals surface area (Å²) in [7, 11) is 1.66. The number of amides is 1. The molecule has 126 valence electrons. The number of carbonyl (C=O) groups is 1. The highest BCUT2D eigenvalue weighted by atomic mass is 35.5. The minimum Gasteiger partial charge on any atom is -0.383 e. The molecule has 1 aliphatic rings. The third-order valence-electron chi connectivity index (χ3n) is 4.32. The van der Waals surface area contributed by atoms with Gasteiger partial charge in [0, 0.05) is 25.8 Å². The first-order valence-corrected chi connectivity index (χ1v) is 7.70. The maximum Gasteiger partial charge on any atom is 0.226 e. The average Bonchev–Trinajstić information content (AvgIpc) is 2.93. The van der Waals surface area contributed by atoms with Gasteiger partial charge >= 0.3 is 0 Å². The van der Waals surface area contributed by atoms with Crippen LogP contribution >= 0.6 is 12.4 Å². The fraction of sp³-hybridized carbons (Fsp3) is 0.733. The number of ether oxygens (including phenoxy) is 1. The van der Waals surface area contributed by atoms with Crippen LogP contribution < -0.4 is 11.1 Å². The molecule has 1 aliphatic carbocycles. The molecule has 0 unspecified atom stereocenters.